The summed E-state index contributed by atoms with van der Waals surface area (Å²) in [5.74, 6) is -1.02. The normalized spacial score (nSPS) is 18.2. The molecule has 6 heteroatoms. The van der Waals surface area contributed by atoms with Crippen LogP contribution in [0.4, 0.5) is 10.1 Å². The number of ketones is 1. The highest BCUT2D eigenvalue weighted by molar-refractivity contribution is 6.11. The zero-order valence-corrected chi connectivity index (χ0v) is 16.1. The predicted molar refractivity (Wildman–Crippen MR) is 105 cm³/mol. The van der Waals surface area contributed by atoms with E-state index in [0.717, 1.165) is 0 Å². The van der Waals surface area contributed by atoms with Gasteiger partial charge in [-0.1, -0.05) is 36.4 Å². The smallest absolute Gasteiger partial charge is 0.264 e. The van der Waals surface area contributed by atoms with Gasteiger partial charge in [0.05, 0.1) is 30.5 Å². The predicted octanol–water partition coefficient (Wildman–Crippen LogP) is 4.04. The van der Waals surface area contributed by atoms with E-state index in [1.54, 1.807) is 56.3 Å². The lowest BCUT2D eigenvalue weighted by Gasteiger charge is -2.23. The molecule has 0 fully saturated rings. The first-order chi connectivity index (χ1) is 13.8. The number of aliphatic hydroxyl groups is 1. The van der Waals surface area contributed by atoms with Crippen LogP contribution in [0.1, 0.15) is 39.2 Å². The van der Waals surface area contributed by atoms with Crippen LogP contribution in [0.15, 0.2) is 59.2 Å². The van der Waals surface area contributed by atoms with Crippen LogP contribution in [0.3, 0.4) is 0 Å². The van der Waals surface area contributed by atoms with E-state index in [1.807, 2.05) is 0 Å². The van der Waals surface area contributed by atoms with E-state index in [2.05, 4.69) is 0 Å². The summed E-state index contributed by atoms with van der Waals surface area (Å²) in [7, 11) is 0. The van der Waals surface area contributed by atoms with E-state index < -0.39 is 23.7 Å². The first kappa shape index (κ1) is 19.1. The summed E-state index contributed by atoms with van der Waals surface area (Å²) in [6.45, 7) is 3.37. The van der Waals surface area contributed by atoms with Gasteiger partial charge in [-0.25, -0.2) is 4.39 Å². The third kappa shape index (κ3) is 3.06. The molecule has 2 heterocycles. The number of halogens is 1. The Labute approximate surface area is 167 Å². The molecule has 2 aromatic carbocycles. The summed E-state index contributed by atoms with van der Waals surface area (Å²) in [6.07, 6.45) is 1.05. The molecular formula is C23H20FNO4. The quantitative estimate of drug-likeness (QED) is 0.664. The van der Waals surface area contributed by atoms with E-state index in [4.69, 9.17) is 4.42 Å². The van der Waals surface area contributed by atoms with Crippen LogP contribution in [0, 0.1) is 19.7 Å². The Bertz CT molecular complexity index is 1100. The minimum atomic E-state index is -2.02. The number of rotatable bonds is 5. The average Bonchev–Trinajstić information content (AvgIpc) is 3.13. The minimum Gasteiger partial charge on any atom is -0.469 e. The molecule has 1 aliphatic heterocycles. The standard InChI is InChI=1S/C23H20FNO4/c1-14-13-29-15(2)21(14)20(26)11-23(28)17-8-4-6-10-19(17)25(22(23)27)12-16-7-3-5-9-18(16)24/h3-10,13,28H,11-12H2,1-2H3/t23-/m1/s1. The first-order valence-electron chi connectivity index (χ1n) is 9.28. The van der Waals surface area contributed by atoms with Gasteiger partial charge in [0.1, 0.15) is 11.6 Å². The Morgan fingerprint density at radius 2 is 1.83 bits per heavy atom. The highest BCUT2D eigenvalue weighted by Gasteiger charge is 2.51. The number of amides is 1. The number of nitrogens with zero attached hydrogens (tertiary/aromatic N) is 1. The van der Waals surface area contributed by atoms with Gasteiger partial charge in [-0.15, -0.1) is 0 Å². The van der Waals surface area contributed by atoms with Gasteiger partial charge in [-0.2, -0.15) is 0 Å². The van der Waals surface area contributed by atoms with Gasteiger partial charge in [0.25, 0.3) is 5.91 Å². The highest BCUT2D eigenvalue weighted by atomic mass is 19.1. The van der Waals surface area contributed by atoms with Crippen LogP contribution in [-0.2, 0) is 16.9 Å². The maximum Gasteiger partial charge on any atom is 0.264 e. The summed E-state index contributed by atoms with van der Waals surface area (Å²) in [5.41, 5.74) is 0.141. The Balaban J connectivity index is 1.72. The van der Waals surface area contributed by atoms with Crippen LogP contribution < -0.4 is 4.90 Å². The van der Waals surface area contributed by atoms with Gasteiger partial charge >= 0.3 is 0 Å². The molecular weight excluding hydrogens is 373 g/mol. The van der Waals surface area contributed by atoms with Gasteiger partial charge in [-0.05, 0) is 31.5 Å². The van der Waals surface area contributed by atoms with Gasteiger partial charge in [0.2, 0.25) is 0 Å². The number of benzene rings is 2. The summed E-state index contributed by atoms with van der Waals surface area (Å²) in [5, 5.41) is 11.3. The number of fused-ring (bicyclic) bond motifs is 1. The zero-order chi connectivity index (χ0) is 20.8. The molecule has 0 radical (unpaired) electrons. The lowest BCUT2D eigenvalue weighted by molar-refractivity contribution is -0.136. The number of Topliss-reactive ketones (excluding diaryl/α,β-unsaturated/α-hetero) is 1. The molecule has 1 aliphatic rings. The van der Waals surface area contributed by atoms with Gasteiger partial charge in [0.15, 0.2) is 11.4 Å². The molecule has 0 saturated heterocycles. The van der Waals surface area contributed by atoms with Crippen LogP contribution in [0.2, 0.25) is 0 Å². The molecule has 5 nitrogen and oxygen atoms in total. The number of carbonyl (C=O) groups excluding carboxylic acids is 2. The monoisotopic (exact) mass is 393 g/mol. The Hall–Kier alpha value is -3.25. The number of furan rings is 1. The van der Waals surface area contributed by atoms with Crippen molar-refractivity contribution in [1.82, 2.24) is 0 Å². The second-order valence-corrected chi connectivity index (χ2v) is 7.31. The second-order valence-electron chi connectivity index (χ2n) is 7.31. The number of hydrogen-bond donors (Lipinski definition) is 1. The molecule has 1 amide bonds. The molecule has 1 atom stereocenters. The van der Waals surface area contributed by atoms with Crippen LogP contribution >= 0.6 is 0 Å². The fourth-order valence-electron chi connectivity index (χ4n) is 3.94. The maximum atomic E-state index is 14.2. The van der Waals surface area contributed by atoms with Gasteiger partial charge in [0, 0.05) is 11.1 Å². The zero-order valence-electron chi connectivity index (χ0n) is 16.1. The fourth-order valence-corrected chi connectivity index (χ4v) is 3.94. The molecule has 0 spiro atoms. The van der Waals surface area contributed by atoms with E-state index >= 15 is 0 Å². The molecule has 0 bridgehead atoms. The van der Waals surface area contributed by atoms with Crippen molar-refractivity contribution in [2.75, 3.05) is 4.90 Å². The molecule has 1 N–H and O–H groups in total. The number of carbonyl (C=O) groups is 2. The fraction of sp³-hybridized carbons (Fsp3) is 0.217. The number of para-hydroxylation sites is 1. The van der Waals surface area contributed by atoms with E-state index in [9.17, 15) is 19.1 Å². The van der Waals surface area contributed by atoms with Crippen LogP contribution in [0.25, 0.3) is 0 Å². The first-order valence-corrected chi connectivity index (χ1v) is 9.28. The largest absolute Gasteiger partial charge is 0.469 e. The average molecular weight is 393 g/mol. The molecule has 148 valence electrons. The molecule has 0 saturated carbocycles. The van der Waals surface area contributed by atoms with E-state index in [1.165, 1.54) is 17.2 Å². The molecule has 0 aliphatic carbocycles. The van der Waals surface area contributed by atoms with Crippen LogP contribution in [-0.4, -0.2) is 16.8 Å². The molecule has 29 heavy (non-hydrogen) atoms. The Morgan fingerprint density at radius 1 is 1.14 bits per heavy atom. The summed E-state index contributed by atoms with van der Waals surface area (Å²) >= 11 is 0. The number of aryl methyl sites for hydroxylation is 2. The Morgan fingerprint density at radius 3 is 2.52 bits per heavy atom. The second kappa shape index (κ2) is 6.97. The lowest BCUT2D eigenvalue weighted by Crippen LogP contribution is -2.41. The third-order valence-electron chi connectivity index (χ3n) is 5.38. The molecule has 1 aromatic heterocycles. The van der Waals surface area contributed by atoms with Crippen molar-refractivity contribution in [2.24, 2.45) is 0 Å². The van der Waals surface area contributed by atoms with Crippen molar-refractivity contribution >= 4 is 17.4 Å². The van der Waals surface area contributed by atoms with Gasteiger partial charge < -0.3 is 14.4 Å². The number of anilines is 1. The van der Waals surface area contributed by atoms with Crippen molar-refractivity contribution in [3.8, 4) is 0 Å². The van der Waals surface area contributed by atoms with Crippen molar-refractivity contribution in [3.63, 3.8) is 0 Å². The summed E-state index contributed by atoms with van der Waals surface area (Å²) in [4.78, 5) is 27.5. The van der Waals surface area contributed by atoms with Crippen molar-refractivity contribution < 1.29 is 23.5 Å². The molecule has 0 unspecified atom stereocenters. The number of hydrogen-bond acceptors (Lipinski definition) is 4. The molecule has 4 rings (SSSR count). The summed E-state index contributed by atoms with van der Waals surface area (Å²) < 4.78 is 19.4. The van der Waals surface area contributed by atoms with Gasteiger partial charge in [-0.3, -0.25) is 9.59 Å². The van der Waals surface area contributed by atoms with E-state index in [0.29, 0.717) is 33.7 Å². The van der Waals surface area contributed by atoms with E-state index in [-0.39, 0.29) is 12.3 Å². The van der Waals surface area contributed by atoms with Crippen molar-refractivity contribution in [2.45, 2.75) is 32.4 Å². The maximum absolute atomic E-state index is 14.2. The van der Waals surface area contributed by atoms with Crippen molar-refractivity contribution in [3.05, 3.63) is 88.6 Å². The lowest BCUT2D eigenvalue weighted by atomic mass is 9.87. The highest BCUT2D eigenvalue weighted by Crippen LogP contribution is 2.44. The molecule has 3 aromatic rings. The summed E-state index contributed by atoms with van der Waals surface area (Å²) in [6, 6.07) is 12.9. The third-order valence-corrected chi connectivity index (χ3v) is 5.38. The van der Waals surface area contributed by atoms with Crippen molar-refractivity contribution in [1.29, 1.82) is 0 Å². The Kier molecular flexibility index (Phi) is 4.59. The minimum absolute atomic E-state index is 0.0389. The topological polar surface area (TPSA) is 70.7 Å². The van der Waals surface area contributed by atoms with Crippen LogP contribution in [0.5, 0.6) is 0 Å². The SMILES string of the molecule is Cc1coc(C)c1C(=O)C[C@]1(O)C(=O)N(Cc2ccccc2F)c2ccccc21.